The van der Waals surface area contributed by atoms with Gasteiger partial charge in [-0.2, -0.15) is 10.5 Å². The second-order valence-electron chi connectivity index (χ2n) is 5.11. The van der Waals surface area contributed by atoms with Crippen molar-refractivity contribution in [1.29, 1.82) is 10.5 Å². The van der Waals surface area contributed by atoms with Crippen molar-refractivity contribution in [2.24, 2.45) is 0 Å². The predicted octanol–water partition coefficient (Wildman–Crippen LogP) is 0.336. The van der Waals surface area contributed by atoms with E-state index in [9.17, 15) is 0 Å². The van der Waals surface area contributed by atoms with E-state index < -0.39 is 0 Å². The van der Waals surface area contributed by atoms with Gasteiger partial charge in [0.2, 0.25) is 0 Å². The molecule has 0 unspecified atom stereocenters. The summed E-state index contributed by atoms with van der Waals surface area (Å²) in [6, 6.07) is 10.4. The molecule has 1 aromatic rings. The third kappa shape index (κ3) is 5.13. The summed E-state index contributed by atoms with van der Waals surface area (Å²) in [4.78, 5) is 8.83. The Morgan fingerprint density at radius 1 is 1.00 bits per heavy atom. The van der Waals surface area contributed by atoms with E-state index >= 15 is 0 Å². The number of nitriles is 2. The van der Waals surface area contributed by atoms with Crippen molar-refractivity contribution < 1.29 is 0 Å². The normalized spacial score (nSPS) is 18.0. The van der Waals surface area contributed by atoms with Crippen molar-refractivity contribution in [3.05, 3.63) is 29.6 Å². The third-order valence-electron chi connectivity index (χ3n) is 3.43. The summed E-state index contributed by atoms with van der Waals surface area (Å²) >= 11 is 0. The first-order valence-electron chi connectivity index (χ1n) is 7.16. The summed E-state index contributed by atoms with van der Waals surface area (Å²) in [6.07, 6.45) is 0. The van der Waals surface area contributed by atoms with Crippen molar-refractivity contribution in [3.8, 4) is 12.1 Å². The van der Waals surface area contributed by atoms with Crippen LogP contribution in [-0.4, -0.2) is 54.1 Å². The van der Waals surface area contributed by atoms with Gasteiger partial charge in [0.15, 0.2) is 0 Å². The van der Waals surface area contributed by atoms with Gasteiger partial charge in [-0.05, 0) is 12.1 Å². The maximum Gasteiger partial charge on any atom is 0.0869 e. The summed E-state index contributed by atoms with van der Waals surface area (Å²) in [6.45, 7) is 5.49. The molecule has 0 saturated carbocycles. The Labute approximate surface area is 125 Å². The first-order valence-corrected chi connectivity index (χ1v) is 7.16. The number of fused-ring (bicyclic) bond motifs is 2. The van der Waals surface area contributed by atoms with Crippen LogP contribution in [-0.2, 0) is 13.1 Å². The van der Waals surface area contributed by atoms with Crippen molar-refractivity contribution in [1.82, 2.24) is 20.1 Å². The maximum absolute atomic E-state index is 8.91. The molecular weight excluding hydrogens is 264 g/mol. The van der Waals surface area contributed by atoms with Gasteiger partial charge in [0.1, 0.15) is 0 Å². The fourth-order valence-corrected chi connectivity index (χ4v) is 2.39. The minimum absolute atomic E-state index is 0.411. The van der Waals surface area contributed by atoms with Crippen molar-refractivity contribution in [3.63, 3.8) is 0 Å². The van der Waals surface area contributed by atoms with E-state index in [1.54, 1.807) is 0 Å². The van der Waals surface area contributed by atoms with Crippen molar-refractivity contribution in [2.45, 2.75) is 13.1 Å². The number of pyridine rings is 1. The largest absolute Gasteiger partial charge is 0.314 e. The lowest BCUT2D eigenvalue weighted by Gasteiger charge is -2.23. The predicted molar refractivity (Wildman–Crippen MR) is 78.9 cm³/mol. The van der Waals surface area contributed by atoms with E-state index in [2.05, 4.69) is 32.2 Å². The van der Waals surface area contributed by atoms with Crippen LogP contribution in [0.5, 0.6) is 0 Å². The zero-order valence-corrected chi connectivity index (χ0v) is 12.1. The molecule has 1 aliphatic rings. The van der Waals surface area contributed by atoms with Crippen LogP contribution >= 0.6 is 0 Å². The minimum atomic E-state index is 0.411. The smallest absolute Gasteiger partial charge is 0.0869 e. The van der Waals surface area contributed by atoms with Gasteiger partial charge < -0.3 is 5.32 Å². The summed E-state index contributed by atoms with van der Waals surface area (Å²) in [5.74, 6) is 0. The van der Waals surface area contributed by atoms with Crippen molar-refractivity contribution in [2.75, 3.05) is 39.3 Å². The van der Waals surface area contributed by atoms with Gasteiger partial charge in [-0.3, -0.25) is 14.8 Å². The van der Waals surface area contributed by atoms with E-state index in [-0.39, 0.29) is 0 Å². The summed E-state index contributed by atoms with van der Waals surface area (Å²) in [5, 5.41) is 21.2. The summed E-state index contributed by atoms with van der Waals surface area (Å²) in [5.41, 5.74) is 1.94. The van der Waals surface area contributed by atoms with Gasteiger partial charge in [-0.25, -0.2) is 0 Å². The molecule has 0 fully saturated rings. The number of nitrogens with one attached hydrogen (secondary N) is 1. The first kappa shape index (κ1) is 15.4. The number of nitrogens with zero attached hydrogens (tertiary/aromatic N) is 5. The van der Waals surface area contributed by atoms with Crippen LogP contribution in [0, 0.1) is 22.7 Å². The molecule has 0 aromatic carbocycles. The van der Waals surface area contributed by atoms with E-state index in [4.69, 9.17) is 10.5 Å². The van der Waals surface area contributed by atoms with Crippen LogP contribution in [0.15, 0.2) is 18.2 Å². The average Bonchev–Trinajstić information content (AvgIpc) is 2.46. The zero-order valence-electron chi connectivity index (χ0n) is 12.1. The lowest BCUT2D eigenvalue weighted by Crippen LogP contribution is -2.37. The minimum Gasteiger partial charge on any atom is -0.314 e. The lowest BCUT2D eigenvalue weighted by molar-refractivity contribution is 0.267. The molecule has 0 aliphatic carbocycles. The highest BCUT2D eigenvalue weighted by Crippen LogP contribution is 2.07. The van der Waals surface area contributed by atoms with Crippen LogP contribution in [0.25, 0.3) is 0 Å². The Balaban J connectivity index is 2.14. The van der Waals surface area contributed by atoms with E-state index in [1.807, 2.05) is 18.2 Å². The summed E-state index contributed by atoms with van der Waals surface area (Å²) in [7, 11) is 0. The van der Waals surface area contributed by atoms with Gasteiger partial charge in [0.05, 0.1) is 36.6 Å². The molecule has 1 aromatic heterocycles. The van der Waals surface area contributed by atoms with Crippen LogP contribution in [0.2, 0.25) is 0 Å². The molecule has 0 spiro atoms. The molecule has 6 heteroatoms. The Morgan fingerprint density at radius 2 is 1.52 bits per heavy atom. The maximum atomic E-state index is 8.91. The van der Waals surface area contributed by atoms with Crippen LogP contribution in [0.3, 0.4) is 0 Å². The van der Waals surface area contributed by atoms with E-state index in [0.29, 0.717) is 26.2 Å². The third-order valence-corrected chi connectivity index (χ3v) is 3.43. The molecule has 0 saturated heterocycles. The topological polar surface area (TPSA) is 79.0 Å². The zero-order chi connectivity index (χ0) is 14.9. The molecule has 21 heavy (non-hydrogen) atoms. The van der Waals surface area contributed by atoms with Gasteiger partial charge in [-0.15, -0.1) is 0 Å². The fraction of sp³-hybridized carbons (Fsp3) is 0.533. The highest BCUT2D eigenvalue weighted by Gasteiger charge is 2.11. The quantitative estimate of drug-likeness (QED) is 0.789. The molecule has 2 heterocycles. The van der Waals surface area contributed by atoms with Gasteiger partial charge in [0.25, 0.3) is 0 Å². The average molecular weight is 284 g/mol. The molecule has 1 aliphatic heterocycles. The highest BCUT2D eigenvalue weighted by atomic mass is 15.2. The SMILES string of the molecule is N#CCN1CCNCCN(CC#N)Cc2cccc(n2)C1. The molecule has 6 nitrogen and oxygen atoms in total. The van der Waals surface area contributed by atoms with E-state index in [1.165, 1.54) is 0 Å². The monoisotopic (exact) mass is 284 g/mol. The van der Waals surface area contributed by atoms with Crippen LogP contribution in [0.4, 0.5) is 0 Å². The molecule has 0 amide bonds. The van der Waals surface area contributed by atoms with E-state index in [0.717, 1.165) is 37.6 Å². The lowest BCUT2D eigenvalue weighted by atomic mass is 10.2. The highest BCUT2D eigenvalue weighted by molar-refractivity contribution is 5.12. The molecule has 2 rings (SSSR count). The molecule has 0 atom stereocenters. The Hall–Kier alpha value is -1.99. The molecule has 110 valence electrons. The van der Waals surface area contributed by atoms with Crippen LogP contribution in [0.1, 0.15) is 11.4 Å². The van der Waals surface area contributed by atoms with Gasteiger partial charge in [-0.1, -0.05) is 6.07 Å². The molecular formula is C15H20N6. The van der Waals surface area contributed by atoms with Gasteiger partial charge in [0, 0.05) is 39.3 Å². The van der Waals surface area contributed by atoms with Crippen LogP contribution < -0.4 is 5.32 Å². The second-order valence-corrected chi connectivity index (χ2v) is 5.11. The number of rotatable bonds is 2. The Kier molecular flexibility index (Phi) is 6.11. The summed E-state index contributed by atoms with van der Waals surface area (Å²) < 4.78 is 0. The molecule has 0 radical (unpaired) electrons. The number of hydrogen-bond donors (Lipinski definition) is 1. The number of aromatic nitrogens is 1. The van der Waals surface area contributed by atoms with Gasteiger partial charge >= 0.3 is 0 Å². The molecule has 2 bridgehead atoms. The fourth-order valence-electron chi connectivity index (χ4n) is 2.39. The first-order chi connectivity index (χ1) is 10.3. The Morgan fingerprint density at radius 3 is 2.00 bits per heavy atom. The second kappa shape index (κ2) is 8.33. The number of hydrogen-bond acceptors (Lipinski definition) is 6. The molecule has 1 N–H and O–H groups in total. The Bertz CT molecular complexity index is 486. The van der Waals surface area contributed by atoms with Crippen molar-refractivity contribution >= 4 is 0 Å². The standard InChI is InChI=1S/C15H20N6/c16-4-8-20-10-6-18-7-11-21(9-5-17)13-15-3-1-2-14(12-20)19-15/h1-3,18H,6-13H2.